The first kappa shape index (κ1) is 27.6. The molecule has 6 nitrogen and oxygen atoms in total. The van der Waals surface area contributed by atoms with Crippen LogP contribution in [-0.2, 0) is 14.2 Å². The van der Waals surface area contributed by atoms with Crippen LogP contribution in [-0.4, -0.2) is 51.9 Å². The van der Waals surface area contributed by atoms with Gasteiger partial charge in [-0.2, -0.15) is 0 Å². The van der Waals surface area contributed by atoms with Crippen LogP contribution in [0.4, 0.5) is 13.2 Å². The zero-order valence-corrected chi connectivity index (χ0v) is 23.5. The summed E-state index contributed by atoms with van der Waals surface area (Å²) in [6, 6.07) is 16.6. The Morgan fingerprint density at radius 2 is 1.75 bits per heavy atom. The molecular weight excluding hydrogens is 586 g/mol. The van der Waals surface area contributed by atoms with Gasteiger partial charge in [-0.25, -0.2) is 28.7 Å². The van der Waals surface area contributed by atoms with E-state index in [1.54, 1.807) is 24.1 Å². The average Bonchev–Trinajstić information content (AvgIpc) is 3.46. The minimum Gasteiger partial charge on any atom is -0.378 e. The van der Waals surface area contributed by atoms with Crippen molar-refractivity contribution in [3.05, 3.63) is 99.9 Å². The number of nitrogens with zero attached hydrogens (tertiary/aromatic N) is 3. The second-order valence-electron chi connectivity index (χ2n) is 9.60. The molecule has 210 valence electrons. The first-order valence-corrected chi connectivity index (χ1v) is 14.8. The van der Waals surface area contributed by atoms with E-state index in [1.807, 2.05) is 42.5 Å². The Kier molecular flexibility index (Phi) is 7.82. The highest BCUT2D eigenvalue weighted by Crippen LogP contribution is 2.54. The lowest BCUT2D eigenvalue weighted by atomic mass is 10.0. The van der Waals surface area contributed by atoms with Crippen LogP contribution >= 0.6 is 34.1 Å². The Bertz CT molecular complexity index is 1510. The van der Waals surface area contributed by atoms with Gasteiger partial charge in [0.15, 0.2) is 23.7 Å². The maximum atomic E-state index is 13.9. The summed E-state index contributed by atoms with van der Waals surface area (Å²) >= 11 is 12.6. The van der Waals surface area contributed by atoms with Gasteiger partial charge in [-0.3, -0.25) is 0 Å². The first-order chi connectivity index (χ1) is 19.3. The Labute approximate surface area is 241 Å². The molecule has 0 spiro atoms. The Hall–Kier alpha value is -2.60. The van der Waals surface area contributed by atoms with Crippen molar-refractivity contribution in [2.75, 3.05) is 19.5 Å². The Morgan fingerprint density at radius 1 is 1.00 bits per heavy atom. The molecule has 0 saturated carbocycles. The fraction of sp³-hybridized carbons (Fsp3) is 0.286. The number of thiol groups is 1. The smallest absolute Gasteiger partial charge is 0.194 e. The molecule has 0 aliphatic carbocycles. The molecule has 3 aromatic carbocycles. The van der Waals surface area contributed by atoms with Gasteiger partial charge in [-0.1, -0.05) is 58.7 Å². The van der Waals surface area contributed by atoms with E-state index in [4.69, 9.17) is 37.4 Å². The van der Waals surface area contributed by atoms with Gasteiger partial charge in [0.1, 0.15) is 11.7 Å². The maximum absolute atomic E-state index is 13.9. The quantitative estimate of drug-likeness (QED) is 0.200. The summed E-state index contributed by atoms with van der Waals surface area (Å²) in [5, 5.41) is 9.33. The molecule has 0 amide bonds. The van der Waals surface area contributed by atoms with Crippen molar-refractivity contribution in [2.24, 2.45) is 0 Å². The lowest BCUT2D eigenvalue weighted by Gasteiger charge is -2.51. The van der Waals surface area contributed by atoms with Gasteiger partial charge >= 0.3 is 0 Å². The van der Waals surface area contributed by atoms with Crippen LogP contribution in [0.2, 0.25) is 10.0 Å². The van der Waals surface area contributed by atoms with E-state index in [0.29, 0.717) is 22.4 Å². The largest absolute Gasteiger partial charge is 0.378 e. The van der Waals surface area contributed by atoms with Crippen molar-refractivity contribution in [3.63, 3.8) is 0 Å². The van der Waals surface area contributed by atoms with E-state index in [2.05, 4.69) is 10.3 Å². The molecule has 2 aliphatic heterocycles. The molecule has 1 aromatic heterocycles. The summed E-state index contributed by atoms with van der Waals surface area (Å²) in [5.74, 6) is -3.50. The van der Waals surface area contributed by atoms with Crippen molar-refractivity contribution in [1.82, 2.24) is 15.0 Å². The van der Waals surface area contributed by atoms with Gasteiger partial charge in [-0.15, -0.1) is 5.10 Å². The lowest BCUT2D eigenvalue weighted by Crippen LogP contribution is -2.54. The van der Waals surface area contributed by atoms with Gasteiger partial charge in [0, 0.05) is 29.2 Å². The highest BCUT2D eigenvalue weighted by Gasteiger charge is 2.50. The van der Waals surface area contributed by atoms with Crippen molar-refractivity contribution >= 4 is 34.1 Å². The SMILES string of the molecule is CO[C@H]1C[SH](c2ccc(Cl)c(Cl)c2)[C@@H]2COC(c3ccccc3)O[C@@H]2[C@H]1n1cc(-c2cc(F)c(F)c(F)c2)nn1. The number of methoxy groups -OCH3 is 1. The summed E-state index contributed by atoms with van der Waals surface area (Å²) < 4.78 is 61.9. The highest BCUT2D eigenvalue weighted by molar-refractivity contribution is 8.17. The van der Waals surface area contributed by atoms with Gasteiger partial charge in [0.05, 0.1) is 35.1 Å². The minimum absolute atomic E-state index is 0.0584. The summed E-state index contributed by atoms with van der Waals surface area (Å²) in [5.41, 5.74) is 1.12. The second-order valence-corrected chi connectivity index (χ2v) is 12.9. The summed E-state index contributed by atoms with van der Waals surface area (Å²) in [4.78, 5) is 1.04. The number of fused-ring (bicyclic) bond motifs is 1. The molecule has 3 heterocycles. The number of ether oxygens (including phenoxy) is 3. The molecule has 6 rings (SSSR count). The average molecular weight is 610 g/mol. The van der Waals surface area contributed by atoms with Crippen LogP contribution in [0.1, 0.15) is 17.9 Å². The predicted molar refractivity (Wildman–Crippen MR) is 148 cm³/mol. The van der Waals surface area contributed by atoms with Crippen molar-refractivity contribution in [3.8, 4) is 11.3 Å². The Balaban J connectivity index is 1.39. The molecule has 2 saturated heterocycles. The van der Waals surface area contributed by atoms with Crippen LogP contribution in [0.25, 0.3) is 11.3 Å². The number of rotatable bonds is 5. The van der Waals surface area contributed by atoms with Crippen LogP contribution < -0.4 is 0 Å². The van der Waals surface area contributed by atoms with E-state index >= 15 is 0 Å². The van der Waals surface area contributed by atoms with Crippen LogP contribution in [0.3, 0.4) is 0 Å². The van der Waals surface area contributed by atoms with E-state index in [0.717, 1.165) is 22.6 Å². The fourth-order valence-electron chi connectivity index (χ4n) is 5.32. The van der Waals surface area contributed by atoms with Crippen molar-refractivity contribution < 1.29 is 27.4 Å². The van der Waals surface area contributed by atoms with Crippen LogP contribution in [0.15, 0.2) is 71.8 Å². The second kappa shape index (κ2) is 11.3. The monoisotopic (exact) mass is 609 g/mol. The highest BCUT2D eigenvalue weighted by atomic mass is 35.5. The number of aromatic nitrogens is 3. The van der Waals surface area contributed by atoms with E-state index in [-0.39, 0.29) is 22.6 Å². The lowest BCUT2D eigenvalue weighted by molar-refractivity contribution is -0.233. The number of benzene rings is 3. The number of halogens is 5. The third kappa shape index (κ3) is 5.13. The zero-order valence-electron chi connectivity index (χ0n) is 21.1. The zero-order chi connectivity index (χ0) is 28.0. The van der Waals surface area contributed by atoms with E-state index < -0.39 is 46.8 Å². The molecular formula is C28H24Cl2F3N3O3S. The molecule has 2 fully saturated rings. The maximum Gasteiger partial charge on any atom is 0.194 e. The van der Waals surface area contributed by atoms with E-state index in [9.17, 15) is 13.2 Å². The number of hydrogen-bond acceptors (Lipinski definition) is 5. The molecule has 12 heteroatoms. The van der Waals surface area contributed by atoms with E-state index in [1.165, 1.54) is 0 Å². The molecule has 6 atom stereocenters. The van der Waals surface area contributed by atoms with Gasteiger partial charge in [-0.05, 0) is 35.2 Å². The van der Waals surface area contributed by atoms with Crippen LogP contribution in [0, 0.1) is 17.5 Å². The molecule has 0 N–H and O–H groups in total. The first-order valence-electron chi connectivity index (χ1n) is 12.5. The molecule has 0 radical (unpaired) electrons. The normalized spacial score (nSPS) is 27.4. The summed E-state index contributed by atoms with van der Waals surface area (Å²) in [7, 11) is 0.749. The van der Waals surface area contributed by atoms with Crippen molar-refractivity contribution in [1.29, 1.82) is 0 Å². The summed E-state index contributed by atoms with van der Waals surface area (Å²) in [6.07, 6.45) is 0.180. The molecule has 2 aliphatic rings. The predicted octanol–water partition coefficient (Wildman–Crippen LogP) is 6.78. The third-order valence-corrected chi connectivity index (χ3v) is 11.0. The van der Waals surface area contributed by atoms with Gasteiger partial charge in [0.25, 0.3) is 0 Å². The molecule has 0 bridgehead atoms. The minimum atomic E-state index is -1.54. The van der Waals surface area contributed by atoms with Gasteiger partial charge < -0.3 is 14.2 Å². The summed E-state index contributed by atoms with van der Waals surface area (Å²) in [6.45, 7) is 0.416. The molecule has 40 heavy (non-hydrogen) atoms. The Morgan fingerprint density at radius 3 is 2.45 bits per heavy atom. The standard InChI is InChI=1S/C28H24Cl2F3N3O3S/c1-37-23-14-40(17-7-8-18(29)19(30)11-17)24-13-38-28(15-5-3-2-4-6-15)39-27(24)26(23)36-12-22(34-35-36)16-9-20(31)25(33)21(32)10-16/h2-12,23-24,26-28,40H,13-14H2,1H3/t23-,24+,26-,27-,28?/m0/s1. The third-order valence-electron chi connectivity index (χ3n) is 7.28. The van der Waals surface area contributed by atoms with Gasteiger partial charge in [0.2, 0.25) is 0 Å². The van der Waals surface area contributed by atoms with Crippen LogP contribution in [0.5, 0.6) is 0 Å². The topological polar surface area (TPSA) is 58.4 Å². The number of hydrogen-bond donors (Lipinski definition) is 1. The van der Waals surface area contributed by atoms with Crippen molar-refractivity contribution in [2.45, 2.75) is 34.7 Å². The molecule has 2 unspecified atom stereocenters. The fourth-order valence-corrected chi connectivity index (χ4v) is 8.74. The molecule has 4 aromatic rings.